The first-order valence-corrected chi connectivity index (χ1v) is 11.2. The molecular weight excluding hydrogens is 430 g/mol. The fourth-order valence-corrected chi connectivity index (χ4v) is 4.56. The Balaban J connectivity index is 1.33. The fourth-order valence-electron chi connectivity index (χ4n) is 4.56. The molecule has 9 nitrogen and oxygen atoms in total. The first kappa shape index (κ1) is 21.8. The number of nitrogen functional groups attached to an aromatic ring is 1. The van der Waals surface area contributed by atoms with E-state index in [1.165, 1.54) is 0 Å². The van der Waals surface area contributed by atoms with Gasteiger partial charge >= 0.3 is 11.8 Å². The highest BCUT2D eigenvalue weighted by atomic mass is 16.2. The zero-order valence-corrected chi connectivity index (χ0v) is 18.8. The highest BCUT2D eigenvalue weighted by Gasteiger charge is 2.49. The number of nitrogens with two attached hydrogens (primary N) is 1. The SMILES string of the molecule is Cc1ccncc1-c1cc(N)c2cnc(NC(=O)C(=O)NC3(CC#N)CN(C4CC4)C3)cc2c1. The van der Waals surface area contributed by atoms with Crippen LogP contribution >= 0.6 is 0 Å². The normalized spacial score (nSPS) is 16.9. The van der Waals surface area contributed by atoms with Crippen molar-refractivity contribution >= 4 is 34.1 Å². The lowest BCUT2D eigenvalue weighted by Crippen LogP contribution is -2.71. The van der Waals surface area contributed by atoms with Crippen molar-refractivity contribution in [3.05, 3.63) is 48.4 Å². The average Bonchev–Trinajstić information content (AvgIpc) is 3.62. The number of aromatic nitrogens is 2. The highest BCUT2D eigenvalue weighted by molar-refractivity contribution is 6.39. The second kappa shape index (κ2) is 8.39. The van der Waals surface area contributed by atoms with Gasteiger partial charge in [-0.3, -0.25) is 19.5 Å². The molecule has 2 fully saturated rings. The van der Waals surface area contributed by atoms with Crippen LogP contribution in [0.3, 0.4) is 0 Å². The third kappa shape index (κ3) is 4.16. The summed E-state index contributed by atoms with van der Waals surface area (Å²) in [6.45, 7) is 3.18. The molecule has 172 valence electrons. The molecule has 1 saturated heterocycles. The minimum Gasteiger partial charge on any atom is -0.398 e. The van der Waals surface area contributed by atoms with Crippen molar-refractivity contribution in [2.24, 2.45) is 0 Å². The lowest BCUT2D eigenvalue weighted by atomic mass is 9.86. The maximum Gasteiger partial charge on any atom is 0.314 e. The van der Waals surface area contributed by atoms with E-state index in [9.17, 15) is 14.9 Å². The average molecular weight is 456 g/mol. The Morgan fingerprint density at radius 2 is 2.03 bits per heavy atom. The van der Waals surface area contributed by atoms with Crippen molar-refractivity contribution in [3.8, 4) is 17.2 Å². The molecular formula is C25H25N7O2. The summed E-state index contributed by atoms with van der Waals surface area (Å²) in [5, 5.41) is 16.1. The summed E-state index contributed by atoms with van der Waals surface area (Å²) < 4.78 is 0. The Morgan fingerprint density at radius 1 is 1.24 bits per heavy atom. The van der Waals surface area contributed by atoms with Crippen LogP contribution in [0.5, 0.6) is 0 Å². The number of nitrogens with zero attached hydrogens (tertiary/aromatic N) is 4. The number of hydrogen-bond acceptors (Lipinski definition) is 7. The molecule has 3 heterocycles. The summed E-state index contributed by atoms with van der Waals surface area (Å²) in [4.78, 5) is 35.9. The molecule has 5 rings (SSSR count). The molecule has 4 N–H and O–H groups in total. The lowest BCUT2D eigenvalue weighted by molar-refractivity contribution is -0.139. The first-order valence-electron chi connectivity index (χ1n) is 11.2. The number of hydrogen-bond donors (Lipinski definition) is 3. The van der Waals surface area contributed by atoms with E-state index in [-0.39, 0.29) is 12.2 Å². The van der Waals surface area contributed by atoms with Gasteiger partial charge in [-0.15, -0.1) is 0 Å². The molecule has 1 aromatic carbocycles. The Hall–Kier alpha value is -4.03. The third-order valence-electron chi connectivity index (χ3n) is 6.54. The Labute approximate surface area is 197 Å². The van der Waals surface area contributed by atoms with Crippen LogP contribution in [0.15, 0.2) is 42.9 Å². The second-order valence-electron chi connectivity index (χ2n) is 9.21. The number of pyridine rings is 2. The molecule has 9 heteroatoms. The third-order valence-corrected chi connectivity index (χ3v) is 6.54. The van der Waals surface area contributed by atoms with Crippen molar-refractivity contribution < 1.29 is 9.59 Å². The second-order valence-corrected chi connectivity index (χ2v) is 9.21. The molecule has 3 aromatic rings. The Kier molecular flexibility index (Phi) is 5.38. The van der Waals surface area contributed by atoms with Gasteiger partial charge in [0.15, 0.2) is 0 Å². The maximum atomic E-state index is 12.6. The topological polar surface area (TPSA) is 137 Å². The van der Waals surface area contributed by atoms with Crippen LogP contribution in [-0.2, 0) is 9.59 Å². The number of carbonyl (C=O) groups is 2. The van der Waals surface area contributed by atoms with Gasteiger partial charge in [-0.05, 0) is 60.5 Å². The minimum absolute atomic E-state index is 0.166. The van der Waals surface area contributed by atoms with E-state index in [4.69, 9.17) is 5.73 Å². The number of aryl methyl sites for hydroxylation is 1. The van der Waals surface area contributed by atoms with E-state index in [1.54, 1.807) is 24.7 Å². The van der Waals surface area contributed by atoms with Crippen LogP contribution in [0.4, 0.5) is 11.5 Å². The smallest absolute Gasteiger partial charge is 0.314 e. The lowest BCUT2D eigenvalue weighted by Gasteiger charge is -2.49. The van der Waals surface area contributed by atoms with Crippen LogP contribution in [0.1, 0.15) is 24.8 Å². The predicted molar refractivity (Wildman–Crippen MR) is 128 cm³/mol. The number of amides is 2. The zero-order valence-electron chi connectivity index (χ0n) is 18.8. The number of rotatable bonds is 5. The molecule has 2 aliphatic rings. The number of fused-ring (bicyclic) bond motifs is 1. The van der Waals surface area contributed by atoms with Gasteiger partial charge in [0.1, 0.15) is 5.82 Å². The summed E-state index contributed by atoms with van der Waals surface area (Å²) in [7, 11) is 0. The van der Waals surface area contributed by atoms with Crippen LogP contribution in [0.2, 0.25) is 0 Å². The monoisotopic (exact) mass is 455 g/mol. The van der Waals surface area contributed by atoms with Gasteiger partial charge in [-0.2, -0.15) is 5.26 Å². The molecule has 0 unspecified atom stereocenters. The fraction of sp³-hybridized carbons (Fsp3) is 0.320. The molecule has 0 bridgehead atoms. The van der Waals surface area contributed by atoms with Crippen LogP contribution in [-0.4, -0.2) is 51.4 Å². The van der Waals surface area contributed by atoms with Gasteiger partial charge < -0.3 is 16.4 Å². The molecule has 0 spiro atoms. The van der Waals surface area contributed by atoms with E-state index in [1.807, 2.05) is 25.1 Å². The van der Waals surface area contributed by atoms with Crippen LogP contribution in [0, 0.1) is 18.3 Å². The molecule has 1 saturated carbocycles. The van der Waals surface area contributed by atoms with Crippen molar-refractivity contribution in [2.75, 3.05) is 24.1 Å². The standard InChI is InChI=1S/C25H25N7O2/c1-15-4-7-28-11-19(15)16-8-17-10-22(29-12-20(17)21(27)9-16)30-23(33)24(34)31-25(5-6-26)13-32(14-25)18-2-3-18/h4,7-12,18H,2-3,5,13-14,27H2,1H3,(H,31,34)(H,29,30,33). The minimum atomic E-state index is -0.818. The van der Waals surface area contributed by atoms with Crippen molar-refractivity contribution in [1.82, 2.24) is 20.2 Å². The molecule has 34 heavy (non-hydrogen) atoms. The summed E-state index contributed by atoms with van der Waals surface area (Å²) in [6.07, 6.45) is 7.56. The van der Waals surface area contributed by atoms with E-state index >= 15 is 0 Å². The molecule has 0 radical (unpaired) electrons. The van der Waals surface area contributed by atoms with Gasteiger partial charge in [0, 0.05) is 54.4 Å². The summed E-state index contributed by atoms with van der Waals surface area (Å²) in [5.41, 5.74) is 9.07. The van der Waals surface area contributed by atoms with Gasteiger partial charge in [0.2, 0.25) is 0 Å². The number of carbonyl (C=O) groups excluding carboxylic acids is 2. The number of likely N-dealkylation sites (tertiary alicyclic amines) is 1. The molecule has 2 amide bonds. The quantitative estimate of drug-likeness (QED) is 0.397. The predicted octanol–water partition coefficient (Wildman–Crippen LogP) is 2.37. The van der Waals surface area contributed by atoms with Crippen LogP contribution < -0.4 is 16.4 Å². The van der Waals surface area contributed by atoms with E-state index in [2.05, 4.69) is 31.6 Å². The summed E-state index contributed by atoms with van der Waals surface area (Å²) >= 11 is 0. The largest absolute Gasteiger partial charge is 0.398 e. The Morgan fingerprint density at radius 3 is 2.74 bits per heavy atom. The van der Waals surface area contributed by atoms with Crippen LogP contribution in [0.25, 0.3) is 21.9 Å². The number of anilines is 2. The van der Waals surface area contributed by atoms with Crippen molar-refractivity contribution in [1.29, 1.82) is 5.26 Å². The summed E-state index contributed by atoms with van der Waals surface area (Å²) in [6, 6.07) is 10.1. The van der Waals surface area contributed by atoms with Gasteiger partial charge in [0.05, 0.1) is 18.0 Å². The molecule has 1 aliphatic carbocycles. The van der Waals surface area contributed by atoms with Crippen molar-refractivity contribution in [2.45, 2.75) is 37.8 Å². The zero-order chi connectivity index (χ0) is 23.9. The number of nitriles is 1. The van der Waals surface area contributed by atoms with Gasteiger partial charge in [-0.25, -0.2) is 4.98 Å². The van der Waals surface area contributed by atoms with E-state index in [0.717, 1.165) is 40.3 Å². The van der Waals surface area contributed by atoms with E-state index in [0.29, 0.717) is 24.8 Å². The Bertz CT molecular complexity index is 1340. The van der Waals surface area contributed by atoms with E-state index < -0.39 is 17.4 Å². The highest BCUT2D eigenvalue weighted by Crippen LogP contribution is 2.36. The summed E-state index contributed by atoms with van der Waals surface area (Å²) in [5.74, 6) is -1.34. The maximum absolute atomic E-state index is 12.6. The molecule has 0 atom stereocenters. The number of nitrogens with one attached hydrogen (secondary N) is 2. The van der Waals surface area contributed by atoms with Gasteiger partial charge in [0.25, 0.3) is 0 Å². The van der Waals surface area contributed by atoms with Crippen molar-refractivity contribution in [3.63, 3.8) is 0 Å². The van der Waals surface area contributed by atoms with Gasteiger partial charge in [-0.1, -0.05) is 0 Å². The number of benzene rings is 1. The first-order chi connectivity index (χ1) is 16.4. The molecule has 2 aromatic heterocycles. The molecule has 1 aliphatic heterocycles.